The number of nitrogens with zero attached hydrogens (tertiary/aromatic N) is 1. The van der Waals surface area contributed by atoms with Gasteiger partial charge >= 0.3 is 0 Å². The van der Waals surface area contributed by atoms with Gasteiger partial charge in [-0.05, 0) is 25.0 Å². The molecule has 3 N–H and O–H groups in total. The number of rotatable bonds is 4. The number of carbonyl (C=O) groups excluding carboxylic acids is 1. The average Bonchev–Trinajstić information content (AvgIpc) is 2.29. The molecule has 1 aromatic carbocycles. The van der Waals surface area contributed by atoms with Crippen LogP contribution < -0.4 is 11.2 Å². The van der Waals surface area contributed by atoms with Crippen molar-refractivity contribution in [3.8, 4) is 0 Å². The van der Waals surface area contributed by atoms with Gasteiger partial charge in [-0.15, -0.1) is 0 Å². The van der Waals surface area contributed by atoms with Gasteiger partial charge in [0, 0.05) is 12.3 Å². The third-order valence-corrected chi connectivity index (χ3v) is 2.28. The number of aryl methyl sites for hydroxylation is 1. The second-order valence-corrected chi connectivity index (χ2v) is 3.69. The molecule has 0 aliphatic carbocycles. The predicted octanol–water partition coefficient (Wildman–Crippen LogP) is 0.988. The summed E-state index contributed by atoms with van der Waals surface area (Å²) in [5.74, 6) is -0.123. The molecule has 1 amide bonds. The molecule has 16 heavy (non-hydrogen) atoms. The van der Waals surface area contributed by atoms with Gasteiger partial charge in [0.25, 0.3) is 0 Å². The Labute approximate surface area is 95.5 Å². The molecule has 4 heteroatoms. The van der Waals surface area contributed by atoms with Crippen molar-refractivity contribution in [2.45, 2.75) is 20.3 Å². The molecule has 0 saturated heterocycles. The Kier molecular flexibility index (Phi) is 4.66. The van der Waals surface area contributed by atoms with Gasteiger partial charge in [-0.1, -0.05) is 24.3 Å². The van der Waals surface area contributed by atoms with Crippen LogP contribution in [0.15, 0.2) is 29.4 Å². The van der Waals surface area contributed by atoms with Crippen LogP contribution in [0, 0.1) is 6.92 Å². The van der Waals surface area contributed by atoms with Gasteiger partial charge in [-0.2, -0.15) is 5.10 Å². The molecule has 0 radical (unpaired) electrons. The summed E-state index contributed by atoms with van der Waals surface area (Å²) in [7, 11) is 0. The van der Waals surface area contributed by atoms with Crippen molar-refractivity contribution in [3.63, 3.8) is 0 Å². The second-order valence-electron chi connectivity index (χ2n) is 3.69. The van der Waals surface area contributed by atoms with Crippen molar-refractivity contribution in [2.24, 2.45) is 10.8 Å². The molecule has 0 bridgehead atoms. The van der Waals surface area contributed by atoms with Gasteiger partial charge in [0.15, 0.2) is 0 Å². The van der Waals surface area contributed by atoms with E-state index in [1.165, 1.54) is 0 Å². The van der Waals surface area contributed by atoms with Gasteiger partial charge in [0.1, 0.15) is 0 Å². The first-order chi connectivity index (χ1) is 7.63. The Bertz CT molecular complexity index is 399. The molecule has 4 nitrogen and oxygen atoms in total. The van der Waals surface area contributed by atoms with Crippen LogP contribution in [0.4, 0.5) is 0 Å². The number of hydrogen-bond donors (Lipinski definition) is 2. The van der Waals surface area contributed by atoms with Gasteiger partial charge in [0.05, 0.1) is 6.42 Å². The minimum Gasteiger partial charge on any atom is -0.325 e. The summed E-state index contributed by atoms with van der Waals surface area (Å²) in [6.45, 7) is 4.11. The van der Waals surface area contributed by atoms with Crippen molar-refractivity contribution in [1.82, 2.24) is 5.43 Å². The fourth-order valence-electron chi connectivity index (χ4n) is 1.22. The molecule has 0 spiro atoms. The van der Waals surface area contributed by atoms with E-state index in [0.717, 1.165) is 11.1 Å². The summed E-state index contributed by atoms with van der Waals surface area (Å²) in [4.78, 5) is 11.5. The fourth-order valence-corrected chi connectivity index (χ4v) is 1.22. The molecule has 1 rings (SSSR count). The van der Waals surface area contributed by atoms with E-state index >= 15 is 0 Å². The standard InChI is InChI=1S/C12H17N3O/c1-9-5-3-4-6-11(9)7-12(16)15-14-10(2)8-13/h3-6H,7-8,13H2,1-2H3,(H,15,16). The number of nitrogens with one attached hydrogen (secondary N) is 1. The maximum atomic E-state index is 11.5. The van der Waals surface area contributed by atoms with E-state index < -0.39 is 0 Å². The van der Waals surface area contributed by atoms with Crippen molar-refractivity contribution in [1.29, 1.82) is 0 Å². The normalized spacial score (nSPS) is 11.3. The zero-order chi connectivity index (χ0) is 12.0. The molecule has 0 fully saturated rings. The van der Waals surface area contributed by atoms with E-state index in [9.17, 15) is 4.79 Å². The summed E-state index contributed by atoms with van der Waals surface area (Å²) in [5.41, 5.74) is 10.7. The fraction of sp³-hybridized carbons (Fsp3) is 0.333. The molecular formula is C12H17N3O. The minimum atomic E-state index is -0.123. The topological polar surface area (TPSA) is 67.5 Å². The number of carbonyl (C=O) groups is 1. The largest absolute Gasteiger partial charge is 0.325 e. The molecule has 0 unspecified atom stereocenters. The zero-order valence-electron chi connectivity index (χ0n) is 9.66. The Balaban J connectivity index is 2.56. The highest BCUT2D eigenvalue weighted by atomic mass is 16.2. The van der Waals surface area contributed by atoms with E-state index in [1.54, 1.807) is 6.92 Å². The van der Waals surface area contributed by atoms with Crippen LogP contribution in [-0.2, 0) is 11.2 Å². The Hall–Kier alpha value is -1.68. The zero-order valence-corrected chi connectivity index (χ0v) is 9.66. The molecular weight excluding hydrogens is 202 g/mol. The van der Waals surface area contributed by atoms with Crippen LogP contribution in [0.25, 0.3) is 0 Å². The smallest absolute Gasteiger partial charge is 0.244 e. The lowest BCUT2D eigenvalue weighted by atomic mass is 10.1. The van der Waals surface area contributed by atoms with E-state index in [2.05, 4.69) is 10.5 Å². The second kappa shape index (κ2) is 6.02. The van der Waals surface area contributed by atoms with Crippen molar-refractivity contribution < 1.29 is 4.79 Å². The molecule has 0 aliphatic heterocycles. The maximum Gasteiger partial charge on any atom is 0.244 e. The highest BCUT2D eigenvalue weighted by Crippen LogP contribution is 2.07. The lowest BCUT2D eigenvalue weighted by Gasteiger charge is -2.04. The first-order valence-corrected chi connectivity index (χ1v) is 5.20. The molecule has 0 saturated carbocycles. The summed E-state index contributed by atoms with van der Waals surface area (Å²) in [5, 5.41) is 3.86. The van der Waals surface area contributed by atoms with Gasteiger partial charge < -0.3 is 5.73 Å². The number of hydrazone groups is 1. The Morgan fingerprint density at radius 2 is 2.12 bits per heavy atom. The highest BCUT2D eigenvalue weighted by Gasteiger charge is 2.04. The third kappa shape index (κ3) is 3.82. The van der Waals surface area contributed by atoms with E-state index in [4.69, 9.17) is 5.73 Å². The Morgan fingerprint density at radius 1 is 1.44 bits per heavy atom. The van der Waals surface area contributed by atoms with E-state index in [0.29, 0.717) is 18.7 Å². The molecule has 86 valence electrons. The van der Waals surface area contributed by atoms with Crippen LogP contribution >= 0.6 is 0 Å². The first kappa shape index (κ1) is 12.4. The maximum absolute atomic E-state index is 11.5. The molecule has 0 atom stereocenters. The summed E-state index contributed by atoms with van der Waals surface area (Å²) >= 11 is 0. The highest BCUT2D eigenvalue weighted by molar-refractivity contribution is 5.86. The van der Waals surface area contributed by atoms with E-state index in [1.807, 2.05) is 31.2 Å². The van der Waals surface area contributed by atoms with Crippen LogP contribution in [0.5, 0.6) is 0 Å². The number of amides is 1. The molecule has 1 aromatic rings. The average molecular weight is 219 g/mol. The third-order valence-electron chi connectivity index (χ3n) is 2.28. The SMILES string of the molecule is CC(CN)=NNC(=O)Cc1ccccc1C. The van der Waals surface area contributed by atoms with Gasteiger partial charge in [0.2, 0.25) is 5.91 Å². The van der Waals surface area contributed by atoms with Gasteiger partial charge in [-0.3, -0.25) is 4.79 Å². The van der Waals surface area contributed by atoms with Crippen LogP contribution in [0.1, 0.15) is 18.1 Å². The first-order valence-electron chi connectivity index (χ1n) is 5.20. The monoisotopic (exact) mass is 219 g/mol. The quantitative estimate of drug-likeness (QED) is 0.585. The van der Waals surface area contributed by atoms with Gasteiger partial charge in [-0.25, -0.2) is 5.43 Å². The lowest BCUT2D eigenvalue weighted by Crippen LogP contribution is -2.23. The Morgan fingerprint density at radius 3 is 2.75 bits per heavy atom. The number of nitrogens with two attached hydrogens (primary N) is 1. The molecule has 0 aromatic heterocycles. The molecule has 0 heterocycles. The van der Waals surface area contributed by atoms with Crippen LogP contribution in [-0.4, -0.2) is 18.2 Å². The summed E-state index contributed by atoms with van der Waals surface area (Å²) in [6, 6.07) is 7.79. The number of benzene rings is 1. The van der Waals surface area contributed by atoms with Crippen LogP contribution in [0.2, 0.25) is 0 Å². The minimum absolute atomic E-state index is 0.123. The predicted molar refractivity (Wildman–Crippen MR) is 65.2 cm³/mol. The van der Waals surface area contributed by atoms with Crippen molar-refractivity contribution in [2.75, 3.05) is 6.54 Å². The summed E-state index contributed by atoms with van der Waals surface area (Å²) in [6.07, 6.45) is 0.341. The lowest BCUT2D eigenvalue weighted by molar-refractivity contribution is -0.120. The number of hydrogen-bond acceptors (Lipinski definition) is 3. The van der Waals surface area contributed by atoms with Crippen molar-refractivity contribution in [3.05, 3.63) is 35.4 Å². The van der Waals surface area contributed by atoms with Crippen LogP contribution in [0.3, 0.4) is 0 Å². The summed E-state index contributed by atoms with van der Waals surface area (Å²) < 4.78 is 0. The molecule has 0 aliphatic rings. The van der Waals surface area contributed by atoms with E-state index in [-0.39, 0.29) is 5.91 Å². The van der Waals surface area contributed by atoms with Crippen molar-refractivity contribution >= 4 is 11.6 Å².